The number of rotatable bonds is 12. The molecule has 0 aromatic heterocycles. The van der Waals surface area contributed by atoms with Gasteiger partial charge in [0.1, 0.15) is 18.3 Å². The summed E-state index contributed by atoms with van der Waals surface area (Å²) in [6, 6.07) is 18.3. The minimum Gasteiger partial charge on any atom is -0.495 e. The number of nitrogens with one attached hydrogen (secondary N) is 1. The Bertz CT molecular complexity index is 1390. The molecule has 2 amide bonds. The number of carbonyl (C=O) groups is 2. The topological polar surface area (TPSA) is 96.0 Å². The molecule has 0 heterocycles. The molecule has 0 aliphatic heterocycles. The van der Waals surface area contributed by atoms with Crippen LogP contribution in [0.5, 0.6) is 5.75 Å². The molecule has 0 saturated heterocycles. The van der Waals surface area contributed by atoms with Gasteiger partial charge in [-0.05, 0) is 61.4 Å². The predicted molar refractivity (Wildman–Crippen MR) is 154 cm³/mol. The summed E-state index contributed by atoms with van der Waals surface area (Å²) in [4.78, 5) is 28.2. The van der Waals surface area contributed by atoms with Gasteiger partial charge in [0.05, 0.1) is 17.7 Å². The fraction of sp³-hybridized carbons (Fsp3) is 0.286. The zero-order valence-electron chi connectivity index (χ0n) is 21.9. The average Bonchev–Trinajstić information content (AvgIpc) is 2.94. The highest BCUT2D eigenvalue weighted by molar-refractivity contribution is 7.92. The van der Waals surface area contributed by atoms with Crippen molar-refractivity contribution >= 4 is 50.7 Å². The number of halogens is 2. The van der Waals surface area contributed by atoms with Crippen LogP contribution in [-0.2, 0) is 26.2 Å². The van der Waals surface area contributed by atoms with Gasteiger partial charge in [0.25, 0.3) is 10.0 Å². The minimum atomic E-state index is -4.24. The third-order valence-corrected chi connectivity index (χ3v) is 8.26. The fourth-order valence-corrected chi connectivity index (χ4v) is 5.59. The molecule has 0 spiro atoms. The highest BCUT2D eigenvalue weighted by atomic mass is 35.5. The molecule has 0 aliphatic rings. The molecule has 39 heavy (non-hydrogen) atoms. The van der Waals surface area contributed by atoms with Gasteiger partial charge in [-0.25, -0.2) is 8.42 Å². The van der Waals surface area contributed by atoms with Gasteiger partial charge in [0, 0.05) is 23.1 Å². The molecule has 0 aliphatic carbocycles. The van der Waals surface area contributed by atoms with E-state index in [4.69, 9.17) is 27.9 Å². The molecule has 1 N–H and O–H groups in total. The molecular weight excluding hydrogens is 561 g/mol. The number of carbonyl (C=O) groups excluding carboxylic acids is 2. The van der Waals surface area contributed by atoms with Crippen molar-refractivity contribution in [1.29, 1.82) is 0 Å². The van der Waals surface area contributed by atoms with Crippen LogP contribution in [0, 0.1) is 0 Å². The Kier molecular flexibility index (Phi) is 10.6. The van der Waals surface area contributed by atoms with E-state index in [0.717, 1.165) is 16.3 Å². The van der Waals surface area contributed by atoms with E-state index in [0.29, 0.717) is 11.6 Å². The smallest absolute Gasteiger partial charge is 0.264 e. The quantitative estimate of drug-likeness (QED) is 0.314. The third kappa shape index (κ3) is 7.65. The Morgan fingerprint density at radius 3 is 2.23 bits per heavy atom. The van der Waals surface area contributed by atoms with Crippen LogP contribution < -0.4 is 14.4 Å². The van der Waals surface area contributed by atoms with E-state index in [1.165, 1.54) is 36.3 Å². The number of sulfonamides is 1. The number of hydrogen-bond donors (Lipinski definition) is 1. The lowest BCUT2D eigenvalue weighted by Crippen LogP contribution is -2.51. The van der Waals surface area contributed by atoms with Crippen molar-refractivity contribution in [2.24, 2.45) is 0 Å². The number of nitrogens with zero attached hydrogens (tertiary/aromatic N) is 2. The van der Waals surface area contributed by atoms with Crippen LogP contribution >= 0.6 is 23.2 Å². The number of hydrogen-bond acceptors (Lipinski definition) is 5. The van der Waals surface area contributed by atoms with Crippen molar-refractivity contribution in [2.45, 2.75) is 37.8 Å². The molecule has 3 aromatic rings. The van der Waals surface area contributed by atoms with Crippen LogP contribution in [0.2, 0.25) is 10.0 Å². The van der Waals surface area contributed by atoms with Crippen molar-refractivity contribution < 1.29 is 22.7 Å². The second-order valence-corrected chi connectivity index (χ2v) is 11.5. The van der Waals surface area contributed by atoms with E-state index in [1.807, 2.05) is 6.92 Å². The van der Waals surface area contributed by atoms with Gasteiger partial charge >= 0.3 is 0 Å². The van der Waals surface area contributed by atoms with Gasteiger partial charge in [-0.2, -0.15) is 0 Å². The van der Waals surface area contributed by atoms with Crippen LogP contribution in [0.15, 0.2) is 77.7 Å². The normalized spacial score (nSPS) is 11.9. The van der Waals surface area contributed by atoms with Crippen LogP contribution in [0.1, 0.15) is 25.8 Å². The fourth-order valence-electron chi connectivity index (χ4n) is 3.86. The first kappa shape index (κ1) is 30.3. The standard InChI is InChI=1S/C28H31Cl2N3O5S/c1-4-16-31-28(35)20(2)32(18-21-10-12-22(29)13-11-21)27(34)19-33(25-17-23(30)14-15-26(25)38-3)39(36,37)24-8-6-5-7-9-24/h5-15,17,20H,4,16,18-19H2,1-3H3,(H,31,35)/t20-/m1/s1. The lowest BCUT2D eigenvalue weighted by atomic mass is 10.1. The highest BCUT2D eigenvalue weighted by Crippen LogP contribution is 2.35. The summed E-state index contributed by atoms with van der Waals surface area (Å²) < 4.78 is 34.1. The first-order valence-electron chi connectivity index (χ1n) is 12.3. The first-order valence-corrected chi connectivity index (χ1v) is 14.5. The molecular formula is C28H31Cl2N3O5S. The summed E-state index contributed by atoms with van der Waals surface area (Å²) in [5.41, 5.74) is 0.817. The van der Waals surface area contributed by atoms with Crippen molar-refractivity contribution in [3.8, 4) is 5.75 Å². The van der Waals surface area contributed by atoms with E-state index < -0.39 is 28.5 Å². The zero-order valence-corrected chi connectivity index (χ0v) is 24.3. The van der Waals surface area contributed by atoms with Gasteiger partial charge < -0.3 is 15.0 Å². The molecule has 0 radical (unpaired) electrons. The van der Waals surface area contributed by atoms with Gasteiger partial charge in [0.2, 0.25) is 11.8 Å². The second-order valence-electron chi connectivity index (χ2n) is 8.76. The molecule has 3 aromatic carbocycles. The molecule has 11 heteroatoms. The lowest BCUT2D eigenvalue weighted by Gasteiger charge is -2.32. The monoisotopic (exact) mass is 591 g/mol. The van der Waals surface area contributed by atoms with E-state index >= 15 is 0 Å². The van der Waals surface area contributed by atoms with E-state index in [2.05, 4.69) is 5.32 Å². The zero-order chi connectivity index (χ0) is 28.6. The van der Waals surface area contributed by atoms with Crippen LogP contribution in [0.25, 0.3) is 0 Å². The number of ether oxygens (including phenoxy) is 1. The Morgan fingerprint density at radius 2 is 1.62 bits per heavy atom. The molecule has 208 valence electrons. The van der Waals surface area contributed by atoms with Gasteiger partial charge in [-0.1, -0.05) is 60.5 Å². The Balaban J connectivity index is 2.07. The maximum atomic E-state index is 13.9. The Labute approximate surface area is 239 Å². The van der Waals surface area contributed by atoms with Crippen molar-refractivity contribution in [3.63, 3.8) is 0 Å². The van der Waals surface area contributed by atoms with Crippen molar-refractivity contribution in [3.05, 3.63) is 88.4 Å². The molecule has 3 rings (SSSR count). The van der Waals surface area contributed by atoms with Gasteiger partial charge in [0.15, 0.2) is 0 Å². The minimum absolute atomic E-state index is 0.0159. The second kappa shape index (κ2) is 13.7. The number of methoxy groups -OCH3 is 1. The summed E-state index contributed by atoms with van der Waals surface area (Å²) in [6.07, 6.45) is 0.723. The summed E-state index contributed by atoms with van der Waals surface area (Å²) >= 11 is 12.3. The molecule has 8 nitrogen and oxygen atoms in total. The average molecular weight is 593 g/mol. The summed E-state index contributed by atoms with van der Waals surface area (Å²) in [5.74, 6) is -0.729. The Morgan fingerprint density at radius 1 is 0.974 bits per heavy atom. The molecule has 1 atom stereocenters. The van der Waals surface area contributed by atoms with Crippen LogP contribution in [-0.4, -0.2) is 51.4 Å². The Hall–Kier alpha value is -3.27. The molecule has 0 saturated carbocycles. The van der Waals surface area contributed by atoms with Gasteiger partial charge in [-0.15, -0.1) is 0 Å². The number of anilines is 1. The van der Waals surface area contributed by atoms with E-state index in [1.54, 1.807) is 55.5 Å². The predicted octanol–water partition coefficient (Wildman–Crippen LogP) is 5.14. The van der Waals surface area contributed by atoms with Gasteiger partial charge in [-0.3, -0.25) is 13.9 Å². The van der Waals surface area contributed by atoms with E-state index in [9.17, 15) is 18.0 Å². The summed E-state index contributed by atoms with van der Waals surface area (Å²) in [6.45, 7) is 3.43. The van der Waals surface area contributed by atoms with E-state index in [-0.39, 0.29) is 33.8 Å². The maximum Gasteiger partial charge on any atom is 0.264 e. The van der Waals surface area contributed by atoms with Crippen molar-refractivity contribution in [2.75, 3.05) is 24.5 Å². The molecule has 0 bridgehead atoms. The first-order chi connectivity index (χ1) is 18.6. The summed E-state index contributed by atoms with van der Waals surface area (Å²) in [5, 5.41) is 3.59. The third-order valence-electron chi connectivity index (χ3n) is 6.00. The SMILES string of the molecule is CCCNC(=O)[C@@H](C)N(Cc1ccc(Cl)cc1)C(=O)CN(c1cc(Cl)ccc1OC)S(=O)(=O)c1ccccc1. The van der Waals surface area contributed by atoms with Crippen molar-refractivity contribution in [1.82, 2.24) is 10.2 Å². The number of amides is 2. The summed E-state index contributed by atoms with van der Waals surface area (Å²) in [7, 11) is -2.84. The molecule has 0 fully saturated rings. The van der Waals surface area contributed by atoms with Crippen LogP contribution in [0.3, 0.4) is 0 Å². The number of benzene rings is 3. The highest BCUT2D eigenvalue weighted by Gasteiger charge is 2.33. The maximum absolute atomic E-state index is 13.9. The van der Waals surface area contributed by atoms with Crippen LogP contribution in [0.4, 0.5) is 5.69 Å². The largest absolute Gasteiger partial charge is 0.495 e. The molecule has 0 unspecified atom stereocenters. The lowest BCUT2D eigenvalue weighted by molar-refractivity contribution is -0.139.